The molecule has 102 valence electrons. The van der Waals surface area contributed by atoms with Crippen LogP contribution >= 0.6 is 0 Å². The van der Waals surface area contributed by atoms with Crippen molar-refractivity contribution < 1.29 is 0 Å². The largest absolute Gasteiger partial charge is 0.313 e. The van der Waals surface area contributed by atoms with Gasteiger partial charge in [-0.3, -0.25) is 4.68 Å². The van der Waals surface area contributed by atoms with Gasteiger partial charge < -0.3 is 5.32 Å². The van der Waals surface area contributed by atoms with E-state index in [0.29, 0.717) is 0 Å². The lowest BCUT2D eigenvalue weighted by Gasteiger charge is -2.11. The quantitative estimate of drug-likeness (QED) is 0.834. The van der Waals surface area contributed by atoms with Crippen LogP contribution in [0.15, 0.2) is 24.4 Å². The summed E-state index contributed by atoms with van der Waals surface area (Å²) in [5.41, 5.74) is 6.38. The van der Waals surface area contributed by atoms with E-state index in [1.165, 1.54) is 27.9 Å². The molecule has 1 heterocycles. The van der Waals surface area contributed by atoms with Crippen molar-refractivity contribution in [3.05, 3.63) is 41.2 Å². The van der Waals surface area contributed by atoms with Gasteiger partial charge in [0.1, 0.15) is 0 Å². The molecule has 2 aromatic rings. The third-order valence-electron chi connectivity index (χ3n) is 3.53. The Morgan fingerprint density at radius 2 is 2.00 bits per heavy atom. The molecule has 0 amide bonds. The third kappa shape index (κ3) is 3.04. The number of nitrogens with one attached hydrogen (secondary N) is 1. The lowest BCUT2D eigenvalue weighted by Crippen LogP contribution is -2.14. The Hall–Kier alpha value is -1.61. The van der Waals surface area contributed by atoms with Gasteiger partial charge in [-0.2, -0.15) is 5.10 Å². The Morgan fingerprint density at radius 1 is 1.21 bits per heavy atom. The van der Waals surface area contributed by atoms with E-state index in [1.807, 2.05) is 17.9 Å². The van der Waals surface area contributed by atoms with Crippen molar-refractivity contribution in [2.45, 2.75) is 33.7 Å². The highest BCUT2D eigenvalue weighted by molar-refractivity contribution is 5.69. The van der Waals surface area contributed by atoms with Crippen LogP contribution in [0.25, 0.3) is 11.1 Å². The van der Waals surface area contributed by atoms with E-state index in [-0.39, 0.29) is 0 Å². The number of aromatic nitrogens is 2. The molecule has 0 saturated heterocycles. The summed E-state index contributed by atoms with van der Waals surface area (Å²) >= 11 is 0. The summed E-state index contributed by atoms with van der Waals surface area (Å²) in [4.78, 5) is 0. The molecule has 0 atom stereocenters. The van der Waals surface area contributed by atoms with Gasteiger partial charge in [0.05, 0.1) is 6.20 Å². The molecule has 19 heavy (non-hydrogen) atoms. The van der Waals surface area contributed by atoms with Gasteiger partial charge in [-0.25, -0.2) is 0 Å². The van der Waals surface area contributed by atoms with Crippen molar-refractivity contribution in [1.82, 2.24) is 15.1 Å². The fourth-order valence-corrected chi connectivity index (χ4v) is 2.26. The molecule has 0 aliphatic heterocycles. The molecule has 1 aromatic heterocycles. The summed E-state index contributed by atoms with van der Waals surface area (Å²) in [6, 6.07) is 6.66. The lowest BCUT2D eigenvalue weighted by atomic mass is 9.98. The molecule has 1 aromatic carbocycles. The SMILES string of the molecule is CCCNCc1ccc(C)cc1-c1cnn(C)c1C. The van der Waals surface area contributed by atoms with Crippen LogP contribution in [0, 0.1) is 13.8 Å². The Bertz CT molecular complexity index is 555. The zero-order valence-corrected chi connectivity index (χ0v) is 12.3. The molecule has 0 fully saturated rings. The molecule has 1 N–H and O–H groups in total. The minimum atomic E-state index is 0.914. The molecule has 0 unspecified atom stereocenters. The molecule has 0 radical (unpaired) electrons. The molecule has 0 saturated carbocycles. The highest BCUT2D eigenvalue weighted by atomic mass is 15.3. The standard InChI is InChI=1S/C16H23N3/c1-5-8-17-10-14-7-6-12(2)9-15(14)16-11-18-19(4)13(16)3/h6-7,9,11,17H,5,8,10H2,1-4H3. The fourth-order valence-electron chi connectivity index (χ4n) is 2.26. The topological polar surface area (TPSA) is 29.9 Å². The molecule has 2 rings (SSSR count). The minimum absolute atomic E-state index is 0.914. The first-order chi connectivity index (χ1) is 9.13. The van der Waals surface area contributed by atoms with Crippen LogP contribution in [0.1, 0.15) is 30.2 Å². The van der Waals surface area contributed by atoms with Crippen molar-refractivity contribution in [3.63, 3.8) is 0 Å². The summed E-state index contributed by atoms with van der Waals surface area (Å²) in [7, 11) is 1.99. The number of rotatable bonds is 5. The molecule has 0 spiro atoms. The Labute approximate surface area is 115 Å². The van der Waals surface area contributed by atoms with Crippen molar-refractivity contribution in [1.29, 1.82) is 0 Å². The van der Waals surface area contributed by atoms with Crippen LogP contribution in [-0.4, -0.2) is 16.3 Å². The normalized spacial score (nSPS) is 10.9. The van der Waals surface area contributed by atoms with E-state index >= 15 is 0 Å². The summed E-state index contributed by atoms with van der Waals surface area (Å²) in [5.74, 6) is 0. The zero-order chi connectivity index (χ0) is 13.8. The van der Waals surface area contributed by atoms with Crippen LogP contribution in [-0.2, 0) is 13.6 Å². The number of nitrogens with zero attached hydrogens (tertiary/aromatic N) is 2. The molecule has 3 heteroatoms. The van der Waals surface area contributed by atoms with Gasteiger partial charge in [-0.15, -0.1) is 0 Å². The van der Waals surface area contributed by atoms with Gasteiger partial charge in [0.15, 0.2) is 0 Å². The molecular weight excluding hydrogens is 234 g/mol. The number of hydrogen-bond acceptors (Lipinski definition) is 2. The zero-order valence-electron chi connectivity index (χ0n) is 12.3. The van der Waals surface area contributed by atoms with Crippen LogP contribution in [0.3, 0.4) is 0 Å². The van der Waals surface area contributed by atoms with Crippen LogP contribution < -0.4 is 5.32 Å². The van der Waals surface area contributed by atoms with Gasteiger partial charge in [0.25, 0.3) is 0 Å². The summed E-state index contributed by atoms with van der Waals surface area (Å²) < 4.78 is 1.93. The first kappa shape index (κ1) is 13.8. The van der Waals surface area contributed by atoms with Crippen LogP contribution in [0.5, 0.6) is 0 Å². The average molecular weight is 257 g/mol. The van der Waals surface area contributed by atoms with Crippen molar-refractivity contribution in [3.8, 4) is 11.1 Å². The van der Waals surface area contributed by atoms with Gasteiger partial charge in [-0.05, 0) is 37.9 Å². The second kappa shape index (κ2) is 6.02. The Morgan fingerprint density at radius 3 is 2.63 bits per heavy atom. The maximum absolute atomic E-state index is 4.36. The van der Waals surface area contributed by atoms with E-state index in [4.69, 9.17) is 0 Å². The maximum Gasteiger partial charge on any atom is 0.0571 e. The highest BCUT2D eigenvalue weighted by Crippen LogP contribution is 2.27. The first-order valence-electron chi connectivity index (χ1n) is 6.92. The minimum Gasteiger partial charge on any atom is -0.313 e. The second-order valence-electron chi connectivity index (χ2n) is 5.10. The monoisotopic (exact) mass is 257 g/mol. The predicted molar refractivity (Wildman–Crippen MR) is 80.1 cm³/mol. The molecule has 0 bridgehead atoms. The smallest absolute Gasteiger partial charge is 0.0571 e. The Balaban J connectivity index is 2.37. The van der Waals surface area contributed by atoms with Crippen LogP contribution in [0.4, 0.5) is 0 Å². The van der Waals surface area contributed by atoms with E-state index in [1.54, 1.807) is 0 Å². The van der Waals surface area contributed by atoms with E-state index in [2.05, 4.69) is 49.4 Å². The molecular formula is C16H23N3. The van der Waals surface area contributed by atoms with Crippen molar-refractivity contribution in [2.24, 2.45) is 7.05 Å². The molecule has 0 aliphatic rings. The molecule has 0 aliphatic carbocycles. The fraction of sp³-hybridized carbons (Fsp3) is 0.438. The van der Waals surface area contributed by atoms with Crippen molar-refractivity contribution >= 4 is 0 Å². The van der Waals surface area contributed by atoms with Crippen molar-refractivity contribution in [2.75, 3.05) is 6.54 Å². The van der Waals surface area contributed by atoms with E-state index in [9.17, 15) is 0 Å². The van der Waals surface area contributed by atoms with Gasteiger partial charge in [-0.1, -0.05) is 30.7 Å². The van der Waals surface area contributed by atoms with Gasteiger partial charge in [0, 0.05) is 24.8 Å². The van der Waals surface area contributed by atoms with Crippen LogP contribution in [0.2, 0.25) is 0 Å². The molecule has 3 nitrogen and oxygen atoms in total. The van der Waals surface area contributed by atoms with Gasteiger partial charge in [0.2, 0.25) is 0 Å². The van der Waals surface area contributed by atoms with E-state index in [0.717, 1.165) is 19.5 Å². The average Bonchev–Trinajstić information content (AvgIpc) is 2.72. The second-order valence-corrected chi connectivity index (χ2v) is 5.10. The summed E-state index contributed by atoms with van der Waals surface area (Å²) in [6.45, 7) is 8.41. The van der Waals surface area contributed by atoms with Gasteiger partial charge >= 0.3 is 0 Å². The Kier molecular flexibility index (Phi) is 4.38. The first-order valence-corrected chi connectivity index (χ1v) is 6.92. The predicted octanol–water partition coefficient (Wildman–Crippen LogP) is 3.20. The van der Waals surface area contributed by atoms with E-state index < -0.39 is 0 Å². The number of aryl methyl sites for hydroxylation is 2. The summed E-state index contributed by atoms with van der Waals surface area (Å²) in [5, 5.41) is 7.84. The third-order valence-corrected chi connectivity index (χ3v) is 3.53. The lowest BCUT2D eigenvalue weighted by molar-refractivity contribution is 0.676. The number of hydrogen-bond donors (Lipinski definition) is 1. The maximum atomic E-state index is 4.36. The number of benzene rings is 1. The summed E-state index contributed by atoms with van der Waals surface area (Å²) in [6.07, 6.45) is 3.13. The highest BCUT2D eigenvalue weighted by Gasteiger charge is 2.11.